The van der Waals surface area contributed by atoms with Crippen LogP contribution in [0.1, 0.15) is 16.1 Å². The Kier molecular flexibility index (Phi) is 3.10. The van der Waals surface area contributed by atoms with Crippen molar-refractivity contribution in [1.29, 1.82) is 0 Å². The second kappa shape index (κ2) is 3.96. The molecule has 0 atom stereocenters. The molecule has 0 fully saturated rings. The van der Waals surface area contributed by atoms with E-state index in [1.54, 1.807) is 14.0 Å². The molecule has 0 N–H and O–H groups in total. The smallest absolute Gasteiger partial charge is 0.343 e. The molecule has 14 heavy (non-hydrogen) atoms. The van der Waals surface area contributed by atoms with Gasteiger partial charge in [-0.3, -0.25) is 4.79 Å². The van der Waals surface area contributed by atoms with E-state index in [9.17, 15) is 9.59 Å². The van der Waals surface area contributed by atoms with Gasteiger partial charge in [-0.25, -0.2) is 4.79 Å². The van der Waals surface area contributed by atoms with E-state index in [4.69, 9.17) is 0 Å². The van der Waals surface area contributed by atoms with Crippen LogP contribution < -0.4 is 5.56 Å². The largest absolute Gasteiger partial charge is 0.465 e. The van der Waals surface area contributed by atoms with Crippen molar-refractivity contribution >= 4 is 21.9 Å². The van der Waals surface area contributed by atoms with Crippen LogP contribution in [0.25, 0.3) is 0 Å². The number of hydrogen-bond donors (Lipinski definition) is 0. The molecule has 0 spiro atoms. The number of carbonyl (C=O) groups is 1. The maximum atomic E-state index is 11.6. The molecule has 5 heteroatoms. The fourth-order valence-electron chi connectivity index (χ4n) is 1.04. The van der Waals surface area contributed by atoms with Crippen LogP contribution in [0, 0.1) is 6.92 Å². The average molecular weight is 260 g/mol. The van der Waals surface area contributed by atoms with Gasteiger partial charge >= 0.3 is 5.97 Å². The molecule has 4 nitrogen and oxygen atoms in total. The van der Waals surface area contributed by atoms with Gasteiger partial charge in [0.25, 0.3) is 5.56 Å². The normalized spacial score (nSPS) is 10.0. The predicted molar refractivity (Wildman–Crippen MR) is 55.5 cm³/mol. The number of hydrogen-bond acceptors (Lipinski definition) is 3. The van der Waals surface area contributed by atoms with Gasteiger partial charge in [-0.1, -0.05) is 0 Å². The summed E-state index contributed by atoms with van der Waals surface area (Å²) in [6.45, 7) is 1.78. The van der Waals surface area contributed by atoms with Crippen molar-refractivity contribution < 1.29 is 9.53 Å². The number of halogens is 1. The van der Waals surface area contributed by atoms with E-state index in [2.05, 4.69) is 20.7 Å². The van der Waals surface area contributed by atoms with E-state index in [-0.39, 0.29) is 11.1 Å². The molecule has 1 rings (SSSR count). The first-order valence-electron chi connectivity index (χ1n) is 3.93. The summed E-state index contributed by atoms with van der Waals surface area (Å²) in [5.41, 5.74) is 0.452. The van der Waals surface area contributed by atoms with Crippen molar-refractivity contribution in [1.82, 2.24) is 4.57 Å². The first kappa shape index (κ1) is 11.0. The zero-order valence-electron chi connectivity index (χ0n) is 8.13. The van der Waals surface area contributed by atoms with Crippen LogP contribution in [-0.2, 0) is 11.8 Å². The Bertz CT molecular complexity index is 436. The van der Waals surface area contributed by atoms with Gasteiger partial charge in [0, 0.05) is 17.2 Å². The molecule has 0 saturated heterocycles. The number of nitrogens with zero attached hydrogens (tertiary/aromatic N) is 1. The van der Waals surface area contributed by atoms with Gasteiger partial charge in [-0.05, 0) is 28.9 Å². The molecule has 0 aliphatic carbocycles. The molecule has 1 aromatic rings. The Labute approximate surface area is 89.6 Å². The highest BCUT2D eigenvalue weighted by atomic mass is 79.9. The van der Waals surface area contributed by atoms with Gasteiger partial charge in [-0.15, -0.1) is 0 Å². The van der Waals surface area contributed by atoms with E-state index in [0.717, 1.165) is 5.69 Å². The van der Waals surface area contributed by atoms with Crippen LogP contribution in [0.4, 0.5) is 0 Å². The number of methoxy groups -OCH3 is 1. The summed E-state index contributed by atoms with van der Waals surface area (Å²) in [5.74, 6) is -0.619. The van der Waals surface area contributed by atoms with Gasteiger partial charge in [0.1, 0.15) is 5.56 Å². The molecule has 0 radical (unpaired) electrons. The van der Waals surface area contributed by atoms with Crippen molar-refractivity contribution in [3.8, 4) is 0 Å². The Hall–Kier alpha value is -1.10. The van der Waals surface area contributed by atoms with E-state index in [1.807, 2.05) is 0 Å². The number of carbonyl (C=O) groups excluding carboxylic acids is 1. The van der Waals surface area contributed by atoms with Crippen LogP contribution in [0.3, 0.4) is 0 Å². The second-order valence-corrected chi connectivity index (χ2v) is 3.70. The molecule has 0 aliphatic heterocycles. The second-order valence-electron chi connectivity index (χ2n) is 2.85. The van der Waals surface area contributed by atoms with Gasteiger partial charge in [0.15, 0.2) is 0 Å². The third-order valence-corrected chi connectivity index (χ3v) is 2.86. The van der Waals surface area contributed by atoms with Gasteiger partial charge in [0.2, 0.25) is 0 Å². The van der Waals surface area contributed by atoms with Gasteiger partial charge in [0.05, 0.1) is 7.11 Å². The quantitative estimate of drug-likeness (QED) is 0.714. The topological polar surface area (TPSA) is 48.3 Å². The molecule has 0 unspecified atom stereocenters. The standard InChI is InChI=1S/C9H10BrNO3/c1-5-7(10)4-6(9(13)14-3)8(12)11(5)2/h4H,1-3H3. The van der Waals surface area contributed by atoms with Crippen molar-refractivity contribution in [2.45, 2.75) is 6.92 Å². The summed E-state index contributed by atoms with van der Waals surface area (Å²) >= 11 is 3.26. The Balaban J connectivity index is 3.49. The Morgan fingerprint density at radius 2 is 2.14 bits per heavy atom. The third kappa shape index (κ3) is 1.72. The van der Waals surface area contributed by atoms with E-state index in [0.29, 0.717) is 4.47 Å². The lowest BCUT2D eigenvalue weighted by atomic mass is 10.2. The predicted octanol–water partition coefficient (Wildman–Crippen LogP) is 1.24. The average Bonchev–Trinajstić information content (AvgIpc) is 2.19. The number of pyridine rings is 1. The van der Waals surface area contributed by atoms with Crippen LogP contribution in [0.2, 0.25) is 0 Å². The van der Waals surface area contributed by atoms with Crippen LogP contribution in [-0.4, -0.2) is 17.6 Å². The minimum Gasteiger partial charge on any atom is -0.465 e. The molecular formula is C9H10BrNO3. The zero-order valence-corrected chi connectivity index (χ0v) is 9.71. The third-order valence-electron chi connectivity index (χ3n) is 2.06. The highest BCUT2D eigenvalue weighted by Gasteiger charge is 2.14. The molecule has 0 aromatic carbocycles. The summed E-state index contributed by atoms with van der Waals surface area (Å²) in [6, 6.07) is 1.48. The molecule has 0 aliphatic rings. The monoisotopic (exact) mass is 259 g/mol. The summed E-state index contributed by atoms with van der Waals surface area (Å²) in [7, 11) is 2.85. The summed E-state index contributed by atoms with van der Waals surface area (Å²) in [6.07, 6.45) is 0. The zero-order chi connectivity index (χ0) is 10.9. The summed E-state index contributed by atoms with van der Waals surface area (Å²) in [4.78, 5) is 22.8. The first-order valence-corrected chi connectivity index (χ1v) is 4.72. The van der Waals surface area contributed by atoms with Crippen molar-refractivity contribution in [3.63, 3.8) is 0 Å². The highest BCUT2D eigenvalue weighted by molar-refractivity contribution is 9.10. The van der Waals surface area contributed by atoms with Crippen LogP contribution in [0.5, 0.6) is 0 Å². The SMILES string of the molecule is COC(=O)c1cc(Br)c(C)n(C)c1=O. The minimum atomic E-state index is -0.619. The number of ether oxygens (including phenoxy) is 1. The van der Waals surface area contributed by atoms with E-state index in [1.165, 1.54) is 17.7 Å². The lowest BCUT2D eigenvalue weighted by Crippen LogP contribution is -2.26. The maximum Gasteiger partial charge on any atom is 0.343 e. The number of aromatic nitrogens is 1. The fourth-order valence-corrected chi connectivity index (χ4v) is 1.54. The highest BCUT2D eigenvalue weighted by Crippen LogP contribution is 2.14. The summed E-state index contributed by atoms with van der Waals surface area (Å²) in [5, 5.41) is 0. The fraction of sp³-hybridized carbons (Fsp3) is 0.333. The van der Waals surface area contributed by atoms with E-state index < -0.39 is 5.97 Å². The maximum absolute atomic E-state index is 11.6. The van der Waals surface area contributed by atoms with Gasteiger partial charge in [-0.2, -0.15) is 0 Å². The molecule has 76 valence electrons. The molecular weight excluding hydrogens is 250 g/mol. The molecule has 0 bridgehead atoms. The molecule has 0 amide bonds. The lowest BCUT2D eigenvalue weighted by Gasteiger charge is -2.07. The van der Waals surface area contributed by atoms with Crippen molar-refractivity contribution in [2.75, 3.05) is 7.11 Å². The van der Waals surface area contributed by atoms with Crippen molar-refractivity contribution in [2.24, 2.45) is 7.05 Å². The Morgan fingerprint density at radius 3 is 2.64 bits per heavy atom. The Morgan fingerprint density at radius 1 is 1.57 bits per heavy atom. The molecule has 0 saturated carbocycles. The van der Waals surface area contributed by atoms with Crippen LogP contribution in [0.15, 0.2) is 15.3 Å². The van der Waals surface area contributed by atoms with E-state index >= 15 is 0 Å². The van der Waals surface area contributed by atoms with Gasteiger partial charge < -0.3 is 9.30 Å². The van der Waals surface area contributed by atoms with Crippen LogP contribution >= 0.6 is 15.9 Å². The lowest BCUT2D eigenvalue weighted by molar-refractivity contribution is 0.0598. The molecule has 1 aromatic heterocycles. The number of esters is 1. The molecule has 1 heterocycles. The first-order chi connectivity index (χ1) is 6.49. The van der Waals surface area contributed by atoms with Crippen molar-refractivity contribution in [3.05, 3.63) is 32.2 Å². The minimum absolute atomic E-state index is 0.0347. The number of rotatable bonds is 1. The summed E-state index contributed by atoms with van der Waals surface area (Å²) < 4.78 is 6.60.